The van der Waals surface area contributed by atoms with Crippen molar-refractivity contribution in [2.24, 2.45) is 0 Å². The molecule has 0 atom stereocenters. The Kier molecular flexibility index (Phi) is 2.60. The maximum absolute atomic E-state index is 11.2. The van der Waals surface area contributed by atoms with Crippen LogP contribution in [0, 0.1) is 12.3 Å². The summed E-state index contributed by atoms with van der Waals surface area (Å²) in [5.41, 5.74) is 2.78. The number of hydrogen-bond donors (Lipinski definition) is 1. The van der Waals surface area contributed by atoms with Gasteiger partial charge < -0.3 is 9.83 Å². The van der Waals surface area contributed by atoms with Crippen LogP contribution in [-0.2, 0) is 6.42 Å². The van der Waals surface area contributed by atoms with Gasteiger partial charge in [-0.15, -0.1) is 0 Å². The van der Waals surface area contributed by atoms with Crippen LogP contribution in [-0.4, -0.2) is 5.71 Å². The fraction of sp³-hybridized carbons (Fsp3) is 0.231. The van der Waals surface area contributed by atoms with Crippen LogP contribution in [0.1, 0.15) is 18.1 Å². The summed E-state index contributed by atoms with van der Waals surface area (Å²) in [5.74, 6) is 0. The van der Waals surface area contributed by atoms with E-state index in [1.165, 1.54) is 6.07 Å². The first-order chi connectivity index (χ1) is 7.56. The Hall–Kier alpha value is -1.90. The van der Waals surface area contributed by atoms with E-state index < -0.39 is 0 Å². The average Bonchev–Trinajstić information content (AvgIpc) is 2.15. The molecule has 2 rings (SSSR count). The molecule has 3 heteroatoms. The molecule has 0 aliphatic carbocycles. The van der Waals surface area contributed by atoms with Gasteiger partial charge in [0, 0.05) is 23.6 Å². The number of rotatable bonds is 2. The Morgan fingerprint density at radius 1 is 1.38 bits per heavy atom. The quantitative estimate of drug-likeness (QED) is 0.618. The molecule has 0 radical (unpaired) electrons. The predicted molar refractivity (Wildman–Crippen MR) is 64.3 cm³/mol. The molecule has 3 nitrogen and oxygen atoms in total. The second-order valence-electron chi connectivity index (χ2n) is 4.04. The van der Waals surface area contributed by atoms with Gasteiger partial charge in [0.05, 0.1) is 0 Å². The summed E-state index contributed by atoms with van der Waals surface area (Å²) in [4.78, 5) is 11.2. The number of benzene rings is 1. The second kappa shape index (κ2) is 3.93. The molecule has 1 aromatic carbocycles. The highest BCUT2D eigenvalue weighted by atomic mass is 16.4. The highest BCUT2D eigenvalue weighted by molar-refractivity contribution is 5.84. The zero-order valence-electron chi connectivity index (χ0n) is 9.33. The maximum atomic E-state index is 11.2. The minimum absolute atomic E-state index is 0.325. The van der Waals surface area contributed by atoms with Gasteiger partial charge in [-0.05, 0) is 31.0 Å². The molecule has 0 fully saturated rings. The van der Waals surface area contributed by atoms with Crippen molar-refractivity contribution in [1.82, 2.24) is 0 Å². The number of hydrogen-bond acceptors (Lipinski definition) is 3. The Bertz CT molecular complexity index is 611. The van der Waals surface area contributed by atoms with Gasteiger partial charge in [0.1, 0.15) is 5.58 Å². The molecule has 0 saturated carbocycles. The van der Waals surface area contributed by atoms with E-state index in [2.05, 4.69) is 0 Å². The lowest BCUT2D eigenvalue weighted by atomic mass is 10.1. The van der Waals surface area contributed by atoms with Crippen LogP contribution < -0.4 is 5.63 Å². The van der Waals surface area contributed by atoms with Gasteiger partial charge >= 0.3 is 5.63 Å². The molecule has 82 valence electrons. The Morgan fingerprint density at radius 3 is 2.81 bits per heavy atom. The van der Waals surface area contributed by atoms with Crippen LogP contribution in [0.25, 0.3) is 11.0 Å². The lowest BCUT2D eigenvalue weighted by Crippen LogP contribution is -1.99. The van der Waals surface area contributed by atoms with Crippen LogP contribution in [0.15, 0.2) is 33.5 Å². The van der Waals surface area contributed by atoms with Crippen molar-refractivity contribution < 1.29 is 4.42 Å². The van der Waals surface area contributed by atoms with Crippen molar-refractivity contribution >= 4 is 16.7 Å². The van der Waals surface area contributed by atoms with Gasteiger partial charge in [0.25, 0.3) is 0 Å². The third-order valence-corrected chi connectivity index (χ3v) is 2.49. The average molecular weight is 215 g/mol. The van der Waals surface area contributed by atoms with Crippen LogP contribution >= 0.6 is 0 Å². The van der Waals surface area contributed by atoms with E-state index in [9.17, 15) is 4.79 Å². The largest absolute Gasteiger partial charge is 0.423 e. The number of nitrogens with one attached hydrogen (secondary N) is 1. The lowest BCUT2D eigenvalue weighted by molar-refractivity contribution is 0.559. The van der Waals surface area contributed by atoms with Crippen molar-refractivity contribution in [1.29, 1.82) is 5.41 Å². The second-order valence-corrected chi connectivity index (χ2v) is 4.04. The standard InChI is InChI=1S/C13H13NO2/c1-8-5-13(15)16-12-7-10(6-9(2)14)3-4-11(8)12/h3-5,7,14H,6H2,1-2H3. The van der Waals surface area contributed by atoms with Crippen LogP contribution in [0.2, 0.25) is 0 Å². The van der Waals surface area contributed by atoms with Gasteiger partial charge in [-0.3, -0.25) is 0 Å². The fourth-order valence-corrected chi connectivity index (χ4v) is 1.79. The molecule has 2 aromatic rings. The summed E-state index contributed by atoms with van der Waals surface area (Å²) in [7, 11) is 0. The first-order valence-electron chi connectivity index (χ1n) is 5.13. The number of fused-ring (bicyclic) bond motifs is 1. The summed E-state index contributed by atoms with van der Waals surface area (Å²) >= 11 is 0. The minimum atomic E-state index is -0.325. The number of aryl methyl sites for hydroxylation is 1. The smallest absolute Gasteiger partial charge is 0.336 e. The minimum Gasteiger partial charge on any atom is -0.423 e. The van der Waals surface area contributed by atoms with Gasteiger partial charge in [0.2, 0.25) is 0 Å². The summed E-state index contributed by atoms with van der Waals surface area (Å²) in [6.45, 7) is 3.65. The van der Waals surface area contributed by atoms with E-state index in [0.717, 1.165) is 16.5 Å². The first-order valence-corrected chi connectivity index (χ1v) is 5.13. The summed E-state index contributed by atoms with van der Waals surface area (Å²) < 4.78 is 5.14. The lowest BCUT2D eigenvalue weighted by Gasteiger charge is -2.03. The van der Waals surface area contributed by atoms with Crippen molar-refractivity contribution in [3.05, 3.63) is 45.8 Å². The molecule has 0 saturated heterocycles. The fourth-order valence-electron chi connectivity index (χ4n) is 1.79. The topological polar surface area (TPSA) is 54.1 Å². The van der Waals surface area contributed by atoms with E-state index in [1.54, 1.807) is 6.92 Å². The summed E-state index contributed by atoms with van der Waals surface area (Å²) in [6, 6.07) is 7.23. The molecule has 0 spiro atoms. The van der Waals surface area contributed by atoms with E-state index in [1.807, 2.05) is 25.1 Å². The Labute approximate surface area is 93.2 Å². The van der Waals surface area contributed by atoms with E-state index in [-0.39, 0.29) is 5.63 Å². The highest BCUT2D eigenvalue weighted by Gasteiger charge is 2.03. The maximum Gasteiger partial charge on any atom is 0.336 e. The molecule has 1 heterocycles. The van der Waals surface area contributed by atoms with Crippen molar-refractivity contribution in [3.8, 4) is 0 Å². The van der Waals surface area contributed by atoms with Crippen molar-refractivity contribution in [2.45, 2.75) is 20.3 Å². The van der Waals surface area contributed by atoms with Gasteiger partial charge in [0.15, 0.2) is 0 Å². The SMILES string of the molecule is CC(=N)Cc1ccc2c(C)cc(=O)oc2c1. The van der Waals surface area contributed by atoms with Crippen LogP contribution in [0.4, 0.5) is 0 Å². The van der Waals surface area contributed by atoms with Gasteiger partial charge in [-0.2, -0.15) is 0 Å². The van der Waals surface area contributed by atoms with Crippen LogP contribution in [0.3, 0.4) is 0 Å². The molecule has 1 aromatic heterocycles. The van der Waals surface area contributed by atoms with E-state index in [0.29, 0.717) is 17.7 Å². The predicted octanol–water partition coefficient (Wildman–Crippen LogP) is 2.68. The zero-order chi connectivity index (χ0) is 11.7. The molecular weight excluding hydrogens is 202 g/mol. The van der Waals surface area contributed by atoms with Crippen molar-refractivity contribution in [2.75, 3.05) is 0 Å². The third-order valence-electron chi connectivity index (χ3n) is 2.49. The monoisotopic (exact) mass is 215 g/mol. The molecule has 0 unspecified atom stereocenters. The molecule has 0 aliphatic heterocycles. The Morgan fingerprint density at radius 2 is 2.12 bits per heavy atom. The summed E-state index contributed by atoms with van der Waals surface area (Å²) in [5, 5.41) is 8.38. The van der Waals surface area contributed by atoms with Gasteiger partial charge in [-0.1, -0.05) is 12.1 Å². The molecule has 0 bridgehead atoms. The molecular formula is C13H13NO2. The first kappa shape index (κ1) is 10.6. The molecule has 1 N–H and O–H groups in total. The van der Waals surface area contributed by atoms with Gasteiger partial charge in [-0.25, -0.2) is 4.79 Å². The van der Waals surface area contributed by atoms with Crippen LogP contribution in [0.5, 0.6) is 0 Å². The Balaban J connectivity index is 2.61. The van der Waals surface area contributed by atoms with E-state index >= 15 is 0 Å². The molecule has 0 amide bonds. The highest BCUT2D eigenvalue weighted by Crippen LogP contribution is 2.18. The summed E-state index contributed by atoms with van der Waals surface area (Å²) in [6.07, 6.45) is 0.591. The van der Waals surface area contributed by atoms with Crippen molar-refractivity contribution in [3.63, 3.8) is 0 Å². The molecule has 0 aliphatic rings. The molecule has 16 heavy (non-hydrogen) atoms. The zero-order valence-corrected chi connectivity index (χ0v) is 9.33. The third kappa shape index (κ3) is 2.03. The normalized spacial score (nSPS) is 10.6. The van der Waals surface area contributed by atoms with E-state index in [4.69, 9.17) is 9.83 Å².